The predicted octanol–water partition coefficient (Wildman–Crippen LogP) is 2.97. The fraction of sp³-hybridized carbons (Fsp3) is 0.450. The highest BCUT2D eigenvalue weighted by Gasteiger charge is 2.19. The lowest BCUT2D eigenvalue weighted by molar-refractivity contribution is -0.110. The highest BCUT2D eigenvalue weighted by Crippen LogP contribution is 2.19. The van der Waals surface area contributed by atoms with Crippen molar-refractivity contribution in [2.75, 3.05) is 25.1 Å². The van der Waals surface area contributed by atoms with E-state index < -0.39 is 11.9 Å². The molecule has 0 aliphatic rings. The first kappa shape index (κ1) is 22.5. The molecule has 0 fully saturated rings. The summed E-state index contributed by atoms with van der Waals surface area (Å²) < 4.78 is 4.97. The minimum absolute atomic E-state index is 0.0601. The second-order valence-electron chi connectivity index (χ2n) is 6.06. The normalized spacial score (nSPS) is 11.2. The third-order valence-electron chi connectivity index (χ3n) is 3.83. The molecule has 0 saturated carbocycles. The molecule has 148 valence electrons. The van der Waals surface area contributed by atoms with Crippen molar-refractivity contribution in [1.29, 1.82) is 5.41 Å². The van der Waals surface area contributed by atoms with Gasteiger partial charge < -0.3 is 14.9 Å². The zero-order valence-electron chi connectivity index (χ0n) is 15.9. The molecule has 7 nitrogen and oxygen atoms in total. The van der Waals surface area contributed by atoms with E-state index in [0.717, 1.165) is 5.56 Å². The summed E-state index contributed by atoms with van der Waals surface area (Å²) in [6, 6.07) is 4.97. The minimum atomic E-state index is -0.587. The van der Waals surface area contributed by atoms with E-state index in [0.29, 0.717) is 49.1 Å². The number of anilines is 1. The Morgan fingerprint density at radius 1 is 1.26 bits per heavy atom. The van der Waals surface area contributed by atoms with Gasteiger partial charge in [0.1, 0.15) is 5.71 Å². The van der Waals surface area contributed by atoms with Gasteiger partial charge in [0, 0.05) is 24.5 Å². The lowest BCUT2D eigenvalue weighted by Gasteiger charge is -2.12. The Hall–Kier alpha value is -2.51. The van der Waals surface area contributed by atoms with Gasteiger partial charge in [-0.2, -0.15) is 0 Å². The number of aliphatic hydroxyl groups is 2. The lowest BCUT2D eigenvalue weighted by atomic mass is 9.94. The van der Waals surface area contributed by atoms with Gasteiger partial charge in [-0.3, -0.25) is 15.5 Å². The SMILES string of the molecule is CCCOC(=O)Nc1ccc(C)c(C(=N)C(=O)/C(=C\CCO)CCCO)c1. The number of hydrogen-bond donors (Lipinski definition) is 4. The van der Waals surface area contributed by atoms with E-state index in [2.05, 4.69) is 5.32 Å². The average Bonchev–Trinajstić information content (AvgIpc) is 2.67. The van der Waals surface area contributed by atoms with E-state index in [1.165, 1.54) is 0 Å². The van der Waals surface area contributed by atoms with Crippen LogP contribution >= 0.6 is 0 Å². The Morgan fingerprint density at radius 3 is 2.63 bits per heavy atom. The first-order chi connectivity index (χ1) is 12.9. The number of carbonyl (C=O) groups excluding carboxylic acids is 2. The molecule has 0 heterocycles. The van der Waals surface area contributed by atoms with Crippen LogP contribution in [0, 0.1) is 12.3 Å². The number of benzene rings is 1. The predicted molar refractivity (Wildman–Crippen MR) is 104 cm³/mol. The largest absolute Gasteiger partial charge is 0.449 e. The summed E-state index contributed by atoms with van der Waals surface area (Å²) >= 11 is 0. The molecule has 1 aromatic rings. The third kappa shape index (κ3) is 7.32. The van der Waals surface area contributed by atoms with Crippen molar-refractivity contribution in [3.8, 4) is 0 Å². The van der Waals surface area contributed by atoms with E-state index >= 15 is 0 Å². The van der Waals surface area contributed by atoms with Crippen LogP contribution in [0.1, 0.15) is 43.7 Å². The summed E-state index contributed by atoms with van der Waals surface area (Å²) in [7, 11) is 0. The molecule has 0 radical (unpaired) electrons. The van der Waals surface area contributed by atoms with Crippen LogP contribution in [0.15, 0.2) is 29.8 Å². The van der Waals surface area contributed by atoms with Crippen molar-refractivity contribution >= 4 is 23.3 Å². The molecule has 1 amide bonds. The van der Waals surface area contributed by atoms with Crippen LogP contribution in [-0.4, -0.2) is 47.6 Å². The second-order valence-corrected chi connectivity index (χ2v) is 6.06. The number of hydrogen-bond acceptors (Lipinski definition) is 6. The quantitative estimate of drug-likeness (QED) is 0.350. The molecule has 7 heteroatoms. The first-order valence-corrected chi connectivity index (χ1v) is 9.03. The molecular formula is C20H28N2O5. The summed E-state index contributed by atoms with van der Waals surface area (Å²) in [4.78, 5) is 24.4. The van der Waals surface area contributed by atoms with Gasteiger partial charge in [-0.25, -0.2) is 4.79 Å². The van der Waals surface area contributed by atoms with Crippen molar-refractivity contribution in [2.45, 2.75) is 39.5 Å². The van der Waals surface area contributed by atoms with Crippen LogP contribution in [-0.2, 0) is 9.53 Å². The first-order valence-electron chi connectivity index (χ1n) is 9.03. The highest BCUT2D eigenvalue weighted by molar-refractivity contribution is 6.50. The number of aryl methyl sites for hydroxylation is 1. The van der Waals surface area contributed by atoms with Gasteiger partial charge in [-0.05, 0) is 55.9 Å². The summed E-state index contributed by atoms with van der Waals surface area (Å²) in [6.07, 6.45) is 2.77. The van der Waals surface area contributed by atoms with Gasteiger partial charge in [0.2, 0.25) is 5.78 Å². The van der Waals surface area contributed by atoms with E-state index in [-0.39, 0.29) is 18.9 Å². The maximum absolute atomic E-state index is 12.7. The molecule has 0 unspecified atom stereocenters. The number of ketones is 1. The van der Waals surface area contributed by atoms with Crippen molar-refractivity contribution in [2.24, 2.45) is 0 Å². The highest BCUT2D eigenvalue weighted by atomic mass is 16.5. The summed E-state index contributed by atoms with van der Waals surface area (Å²) in [6.45, 7) is 3.82. The average molecular weight is 376 g/mol. The molecule has 0 aliphatic heterocycles. The molecule has 0 bridgehead atoms. The van der Waals surface area contributed by atoms with Crippen LogP contribution in [0.25, 0.3) is 0 Å². The topological polar surface area (TPSA) is 120 Å². The fourth-order valence-corrected chi connectivity index (χ4v) is 2.42. The van der Waals surface area contributed by atoms with Crippen LogP contribution < -0.4 is 5.32 Å². The molecule has 4 N–H and O–H groups in total. The summed E-state index contributed by atoms with van der Waals surface area (Å²) in [5.41, 5.74) is 1.77. The molecule has 0 atom stereocenters. The van der Waals surface area contributed by atoms with Crippen molar-refractivity contribution < 1.29 is 24.5 Å². The molecule has 0 spiro atoms. The Balaban J connectivity index is 3.01. The fourth-order valence-electron chi connectivity index (χ4n) is 2.42. The molecule has 0 saturated heterocycles. The van der Waals surface area contributed by atoms with E-state index in [1.807, 2.05) is 6.92 Å². The number of rotatable bonds is 11. The molecule has 1 aromatic carbocycles. The van der Waals surface area contributed by atoms with E-state index in [9.17, 15) is 9.59 Å². The Morgan fingerprint density at radius 2 is 2.00 bits per heavy atom. The smallest absolute Gasteiger partial charge is 0.411 e. The second kappa shape index (κ2) is 12.0. The van der Waals surface area contributed by atoms with E-state index in [4.69, 9.17) is 20.4 Å². The third-order valence-corrected chi connectivity index (χ3v) is 3.83. The van der Waals surface area contributed by atoms with Crippen LogP contribution in [0.4, 0.5) is 10.5 Å². The van der Waals surface area contributed by atoms with Crippen LogP contribution in [0.2, 0.25) is 0 Å². The monoisotopic (exact) mass is 376 g/mol. The van der Waals surface area contributed by atoms with Gasteiger partial charge in [0.25, 0.3) is 0 Å². The number of allylic oxidation sites excluding steroid dienone is 1. The Kier molecular flexibility index (Phi) is 10.00. The van der Waals surface area contributed by atoms with Gasteiger partial charge in [0.15, 0.2) is 0 Å². The van der Waals surface area contributed by atoms with Crippen molar-refractivity contribution in [3.05, 3.63) is 41.0 Å². The molecular weight excluding hydrogens is 348 g/mol. The molecule has 27 heavy (non-hydrogen) atoms. The summed E-state index contributed by atoms with van der Waals surface area (Å²) in [5.74, 6) is -0.453. The molecule has 1 rings (SSSR count). The zero-order chi connectivity index (χ0) is 20.2. The standard InChI is InChI=1S/C20H28N2O5/c1-3-12-27-20(26)22-16-9-8-14(2)17(13-16)18(21)19(25)15(6-4-10-23)7-5-11-24/h6,8-9,13,21,23-24H,3-5,7,10-12H2,1-2H3,(H,22,26)/b15-6-,21-18?. The number of carbonyl (C=O) groups is 2. The Bertz CT molecular complexity index is 698. The number of amides is 1. The molecule has 0 aromatic heterocycles. The zero-order valence-corrected chi connectivity index (χ0v) is 15.9. The number of nitrogens with one attached hydrogen (secondary N) is 2. The Labute approximate surface area is 159 Å². The lowest BCUT2D eigenvalue weighted by Crippen LogP contribution is -2.19. The molecule has 0 aliphatic carbocycles. The number of ether oxygens (including phenoxy) is 1. The maximum Gasteiger partial charge on any atom is 0.411 e. The van der Waals surface area contributed by atoms with Crippen molar-refractivity contribution in [1.82, 2.24) is 0 Å². The number of Topliss-reactive ketones (excluding diaryl/α,β-unsaturated/α-hetero) is 1. The number of aliphatic hydroxyl groups excluding tert-OH is 2. The van der Waals surface area contributed by atoms with Crippen LogP contribution in [0.5, 0.6) is 0 Å². The van der Waals surface area contributed by atoms with Gasteiger partial charge in [0.05, 0.1) is 6.61 Å². The van der Waals surface area contributed by atoms with Crippen LogP contribution in [0.3, 0.4) is 0 Å². The van der Waals surface area contributed by atoms with Gasteiger partial charge >= 0.3 is 6.09 Å². The maximum atomic E-state index is 12.7. The van der Waals surface area contributed by atoms with Gasteiger partial charge in [-0.1, -0.05) is 19.1 Å². The van der Waals surface area contributed by atoms with Crippen molar-refractivity contribution in [3.63, 3.8) is 0 Å². The van der Waals surface area contributed by atoms with E-state index in [1.54, 1.807) is 31.2 Å². The summed E-state index contributed by atoms with van der Waals surface area (Å²) in [5, 5.41) is 28.9. The van der Waals surface area contributed by atoms with Gasteiger partial charge in [-0.15, -0.1) is 0 Å². The minimum Gasteiger partial charge on any atom is -0.449 e.